The van der Waals surface area contributed by atoms with E-state index in [1.807, 2.05) is 75.4 Å². The Morgan fingerprint density at radius 3 is 2.52 bits per heavy atom. The molecule has 2 N–H and O–H groups in total. The number of anilines is 2. The van der Waals surface area contributed by atoms with E-state index in [0.29, 0.717) is 56.1 Å². The van der Waals surface area contributed by atoms with Gasteiger partial charge in [0.25, 0.3) is 5.91 Å². The van der Waals surface area contributed by atoms with Gasteiger partial charge >= 0.3 is 0 Å². The molecular formula is C31H32ClN5O4S. The van der Waals surface area contributed by atoms with Gasteiger partial charge in [-0.25, -0.2) is 4.68 Å². The molecule has 9 nitrogen and oxygen atoms in total. The van der Waals surface area contributed by atoms with Gasteiger partial charge in [-0.3, -0.25) is 4.79 Å². The maximum absolute atomic E-state index is 14.0. The number of allylic oxidation sites excluding steroid dienone is 1. The molecule has 0 fully saturated rings. The van der Waals surface area contributed by atoms with Crippen molar-refractivity contribution in [3.05, 3.63) is 94.1 Å². The van der Waals surface area contributed by atoms with Gasteiger partial charge in [-0.2, -0.15) is 4.98 Å². The lowest BCUT2D eigenvalue weighted by atomic mass is 9.94. The van der Waals surface area contributed by atoms with Crippen molar-refractivity contribution in [3.8, 4) is 17.2 Å². The Labute approximate surface area is 254 Å². The first-order chi connectivity index (χ1) is 20.3. The molecule has 218 valence electrons. The average Bonchev–Trinajstić information content (AvgIpc) is 3.38. The number of amides is 1. The third kappa shape index (κ3) is 6.19. The summed E-state index contributed by atoms with van der Waals surface area (Å²) in [7, 11) is 3.16. The minimum absolute atomic E-state index is 0.0346. The summed E-state index contributed by atoms with van der Waals surface area (Å²) >= 11 is 7.84. The van der Waals surface area contributed by atoms with Crippen LogP contribution in [0.1, 0.15) is 37.9 Å². The fraction of sp³-hybridized carbons (Fsp3) is 0.258. The number of nitrogens with zero attached hydrogens (tertiary/aromatic N) is 3. The summed E-state index contributed by atoms with van der Waals surface area (Å²) in [5, 5.41) is 12.4. The largest absolute Gasteiger partial charge is 0.495 e. The number of aromatic nitrogens is 3. The SMILES string of the molecule is COc1ccccc1NC(=O)C1=C(C)Nc2nc(SCc3ccccc3Cl)nn2C1c1ccc(OC(C)C)c(OC)c1. The Kier molecular flexibility index (Phi) is 8.94. The minimum Gasteiger partial charge on any atom is -0.495 e. The standard InChI is InChI=1S/C31H32ClN5O4S/c1-18(2)41-25-15-14-20(16-26(25)40-5)28-27(29(38)34-23-12-8-9-13-24(23)39-4)19(3)33-30-35-31(36-37(28)30)42-17-21-10-6-7-11-22(21)32/h6-16,18,28H,17H2,1-5H3,(H,34,38)(H,33,35,36). The van der Waals surface area contributed by atoms with Gasteiger partial charge < -0.3 is 24.8 Å². The van der Waals surface area contributed by atoms with E-state index >= 15 is 0 Å². The predicted octanol–water partition coefficient (Wildman–Crippen LogP) is 6.96. The van der Waals surface area contributed by atoms with Crippen molar-refractivity contribution in [2.75, 3.05) is 24.9 Å². The molecule has 0 spiro atoms. The first kappa shape index (κ1) is 29.3. The smallest absolute Gasteiger partial charge is 0.255 e. The number of nitrogens with one attached hydrogen (secondary N) is 2. The molecule has 11 heteroatoms. The maximum Gasteiger partial charge on any atom is 0.255 e. The van der Waals surface area contributed by atoms with Crippen LogP contribution in [0.25, 0.3) is 0 Å². The van der Waals surface area contributed by atoms with Crippen LogP contribution in [-0.2, 0) is 10.5 Å². The highest BCUT2D eigenvalue weighted by molar-refractivity contribution is 7.98. The first-order valence-corrected chi connectivity index (χ1v) is 14.7. The Morgan fingerprint density at radius 1 is 1.05 bits per heavy atom. The van der Waals surface area contributed by atoms with E-state index in [1.54, 1.807) is 31.0 Å². The molecule has 3 aromatic carbocycles. The van der Waals surface area contributed by atoms with Crippen molar-refractivity contribution in [2.45, 2.75) is 43.8 Å². The van der Waals surface area contributed by atoms with Gasteiger partial charge in [0.2, 0.25) is 11.1 Å². The molecule has 0 saturated carbocycles. The van der Waals surface area contributed by atoms with E-state index in [-0.39, 0.29) is 12.0 Å². The maximum atomic E-state index is 14.0. The summed E-state index contributed by atoms with van der Waals surface area (Å²) in [6.45, 7) is 5.76. The lowest BCUT2D eigenvalue weighted by Crippen LogP contribution is -2.31. The highest BCUT2D eigenvalue weighted by Crippen LogP contribution is 2.40. The zero-order chi connectivity index (χ0) is 29.8. The minimum atomic E-state index is -0.611. The Hall–Kier alpha value is -4.15. The van der Waals surface area contributed by atoms with Gasteiger partial charge in [0, 0.05) is 16.5 Å². The van der Waals surface area contributed by atoms with E-state index < -0.39 is 6.04 Å². The number of carbonyl (C=O) groups is 1. The highest BCUT2D eigenvalue weighted by atomic mass is 35.5. The Morgan fingerprint density at radius 2 is 1.79 bits per heavy atom. The molecule has 0 saturated heterocycles. The third-order valence-electron chi connectivity index (χ3n) is 6.61. The molecule has 0 aliphatic carbocycles. The number of hydrogen-bond donors (Lipinski definition) is 2. The number of benzene rings is 3. The molecule has 1 aromatic heterocycles. The van der Waals surface area contributed by atoms with Crippen molar-refractivity contribution in [1.29, 1.82) is 0 Å². The normalized spacial score (nSPS) is 14.3. The fourth-order valence-electron chi connectivity index (χ4n) is 4.70. The second-order valence-corrected chi connectivity index (χ2v) is 11.2. The van der Waals surface area contributed by atoms with Gasteiger partial charge in [0.15, 0.2) is 11.5 Å². The second kappa shape index (κ2) is 12.8. The van der Waals surface area contributed by atoms with E-state index in [1.165, 1.54) is 11.8 Å². The molecular weight excluding hydrogens is 574 g/mol. The van der Waals surface area contributed by atoms with Crippen LogP contribution >= 0.6 is 23.4 Å². The molecule has 0 bridgehead atoms. The number of halogens is 1. The van der Waals surface area contributed by atoms with Gasteiger partial charge in [0.05, 0.1) is 31.6 Å². The van der Waals surface area contributed by atoms with Crippen LogP contribution in [0.2, 0.25) is 5.02 Å². The molecule has 1 amide bonds. The Balaban J connectivity index is 1.55. The summed E-state index contributed by atoms with van der Waals surface area (Å²) < 4.78 is 18.8. The van der Waals surface area contributed by atoms with E-state index in [4.69, 9.17) is 35.9 Å². The van der Waals surface area contributed by atoms with Crippen molar-refractivity contribution in [2.24, 2.45) is 0 Å². The van der Waals surface area contributed by atoms with Crippen molar-refractivity contribution in [1.82, 2.24) is 14.8 Å². The van der Waals surface area contributed by atoms with Gasteiger partial charge in [-0.1, -0.05) is 59.8 Å². The number of methoxy groups -OCH3 is 2. The zero-order valence-electron chi connectivity index (χ0n) is 24.0. The molecule has 4 aromatic rings. The monoisotopic (exact) mass is 605 g/mol. The molecule has 2 heterocycles. The third-order valence-corrected chi connectivity index (χ3v) is 7.87. The quantitative estimate of drug-likeness (QED) is 0.187. The number of rotatable bonds is 10. The van der Waals surface area contributed by atoms with Crippen LogP contribution in [0.15, 0.2) is 83.2 Å². The van der Waals surface area contributed by atoms with E-state index in [9.17, 15) is 4.79 Å². The molecule has 1 unspecified atom stereocenters. The summed E-state index contributed by atoms with van der Waals surface area (Å²) in [6.07, 6.45) is -0.0346. The number of thioether (sulfide) groups is 1. The first-order valence-electron chi connectivity index (χ1n) is 13.4. The highest BCUT2D eigenvalue weighted by Gasteiger charge is 2.35. The second-order valence-electron chi connectivity index (χ2n) is 9.84. The fourth-order valence-corrected chi connectivity index (χ4v) is 5.81. The van der Waals surface area contributed by atoms with Crippen LogP contribution in [0, 0.1) is 0 Å². The Bertz CT molecular complexity index is 1640. The average molecular weight is 606 g/mol. The predicted molar refractivity (Wildman–Crippen MR) is 166 cm³/mol. The summed E-state index contributed by atoms with van der Waals surface area (Å²) in [4.78, 5) is 18.7. The summed E-state index contributed by atoms with van der Waals surface area (Å²) in [5.41, 5.74) is 3.44. The lowest BCUT2D eigenvalue weighted by molar-refractivity contribution is -0.113. The summed E-state index contributed by atoms with van der Waals surface area (Å²) in [5.74, 6) is 2.53. The van der Waals surface area contributed by atoms with Crippen LogP contribution in [0.3, 0.4) is 0 Å². The van der Waals surface area contributed by atoms with Crippen LogP contribution in [0.4, 0.5) is 11.6 Å². The van der Waals surface area contributed by atoms with Gasteiger partial charge in [0.1, 0.15) is 11.8 Å². The topological polar surface area (TPSA) is 99.5 Å². The van der Waals surface area contributed by atoms with E-state index in [0.717, 1.165) is 11.1 Å². The van der Waals surface area contributed by atoms with Crippen LogP contribution in [0.5, 0.6) is 17.2 Å². The number of carbonyl (C=O) groups excluding carboxylic acids is 1. The van der Waals surface area contributed by atoms with Crippen LogP contribution < -0.4 is 24.8 Å². The van der Waals surface area contributed by atoms with Gasteiger partial charge in [-0.05, 0) is 62.2 Å². The number of ether oxygens (including phenoxy) is 3. The molecule has 1 aliphatic heterocycles. The molecule has 0 radical (unpaired) electrons. The number of fused-ring (bicyclic) bond motifs is 1. The van der Waals surface area contributed by atoms with Crippen molar-refractivity contribution >= 4 is 40.9 Å². The van der Waals surface area contributed by atoms with Crippen molar-refractivity contribution < 1.29 is 19.0 Å². The van der Waals surface area contributed by atoms with E-state index in [2.05, 4.69) is 10.6 Å². The molecule has 42 heavy (non-hydrogen) atoms. The molecule has 5 rings (SSSR count). The lowest BCUT2D eigenvalue weighted by Gasteiger charge is -2.29. The molecule has 1 aliphatic rings. The van der Waals surface area contributed by atoms with Crippen molar-refractivity contribution in [3.63, 3.8) is 0 Å². The number of para-hydroxylation sites is 2. The number of hydrogen-bond acceptors (Lipinski definition) is 8. The van der Waals surface area contributed by atoms with Crippen LogP contribution in [-0.4, -0.2) is 41.0 Å². The zero-order valence-corrected chi connectivity index (χ0v) is 25.5. The summed E-state index contributed by atoms with van der Waals surface area (Å²) in [6, 6.07) is 20.0. The van der Waals surface area contributed by atoms with Gasteiger partial charge in [-0.15, -0.1) is 5.10 Å². The molecule has 1 atom stereocenters.